The van der Waals surface area contributed by atoms with Crippen LogP contribution in [0.15, 0.2) is 36.7 Å². The molecule has 1 fully saturated rings. The average Bonchev–Trinajstić information content (AvgIpc) is 2.96. The number of alkyl halides is 3. The van der Waals surface area contributed by atoms with Gasteiger partial charge in [-0.3, -0.25) is 0 Å². The summed E-state index contributed by atoms with van der Waals surface area (Å²) in [5, 5.41) is 10.7. The van der Waals surface area contributed by atoms with Gasteiger partial charge in [0.15, 0.2) is 0 Å². The number of hydrogen-bond acceptors (Lipinski definition) is 1. The van der Waals surface area contributed by atoms with Crippen LogP contribution in [0.4, 0.5) is 13.2 Å². The van der Waals surface area contributed by atoms with E-state index in [4.69, 9.17) is 0 Å². The third-order valence-corrected chi connectivity index (χ3v) is 4.95. The summed E-state index contributed by atoms with van der Waals surface area (Å²) in [7, 11) is 0. The first-order valence-corrected chi connectivity index (χ1v) is 8.40. The van der Waals surface area contributed by atoms with E-state index in [1.54, 1.807) is 23.0 Å². The summed E-state index contributed by atoms with van der Waals surface area (Å²) in [6.07, 6.45) is 4.16. The molecule has 130 valence electrons. The van der Waals surface area contributed by atoms with E-state index < -0.39 is 17.8 Å². The van der Waals surface area contributed by atoms with Crippen molar-refractivity contribution in [3.8, 4) is 5.69 Å². The molecular weight excluding hydrogens is 315 g/mol. The second-order valence-corrected chi connectivity index (χ2v) is 6.69. The van der Waals surface area contributed by atoms with Crippen molar-refractivity contribution in [1.82, 2.24) is 4.57 Å². The molecule has 0 radical (unpaired) electrons. The number of aliphatic hydroxyl groups is 1. The predicted octanol–water partition coefficient (Wildman–Crippen LogP) is 5.42. The van der Waals surface area contributed by atoms with Crippen LogP contribution in [0.2, 0.25) is 0 Å². The number of aryl methyl sites for hydroxylation is 1. The van der Waals surface area contributed by atoms with Crippen LogP contribution in [0.3, 0.4) is 0 Å². The normalized spacial score (nSPS) is 17.9. The number of hydrogen-bond donors (Lipinski definition) is 1. The Morgan fingerprint density at radius 3 is 2.50 bits per heavy atom. The van der Waals surface area contributed by atoms with E-state index in [0.29, 0.717) is 5.69 Å². The second-order valence-electron chi connectivity index (χ2n) is 6.69. The fourth-order valence-corrected chi connectivity index (χ4v) is 3.58. The predicted molar refractivity (Wildman–Crippen MR) is 87.0 cm³/mol. The van der Waals surface area contributed by atoms with Crippen LogP contribution < -0.4 is 0 Å². The molecule has 2 nitrogen and oxygen atoms in total. The lowest BCUT2D eigenvalue weighted by atomic mass is 9.83. The highest BCUT2D eigenvalue weighted by Crippen LogP contribution is 2.36. The van der Waals surface area contributed by atoms with Crippen LogP contribution in [-0.4, -0.2) is 9.67 Å². The molecule has 1 aromatic carbocycles. The lowest BCUT2D eigenvalue weighted by Crippen LogP contribution is -2.16. The lowest BCUT2D eigenvalue weighted by Gasteiger charge is -2.26. The number of rotatable bonds is 3. The Hall–Kier alpha value is -1.75. The maximum Gasteiger partial charge on any atom is 0.416 e. The van der Waals surface area contributed by atoms with Crippen molar-refractivity contribution in [1.29, 1.82) is 0 Å². The number of benzene rings is 1. The summed E-state index contributed by atoms with van der Waals surface area (Å²) in [6, 6.07) is 5.25. The largest absolute Gasteiger partial charge is 0.416 e. The summed E-state index contributed by atoms with van der Waals surface area (Å²) >= 11 is 0. The van der Waals surface area contributed by atoms with E-state index in [1.807, 2.05) is 6.92 Å². The van der Waals surface area contributed by atoms with Crippen LogP contribution >= 0.6 is 0 Å². The zero-order valence-electron chi connectivity index (χ0n) is 13.7. The molecule has 24 heavy (non-hydrogen) atoms. The highest BCUT2D eigenvalue weighted by atomic mass is 19.4. The first-order chi connectivity index (χ1) is 11.4. The molecule has 1 aromatic heterocycles. The highest BCUT2D eigenvalue weighted by Gasteiger charge is 2.31. The van der Waals surface area contributed by atoms with Crippen molar-refractivity contribution in [2.24, 2.45) is 5.92 Å². The first-order valence-electron chi connectivity index (χ1n) is 8.40. The van der Waals surface area contributed by atoms with Crippen molar-refractivity contribution in [3.05, 3.63) is 53.3 Å². The molecule has 0 amide bonds. The molecule has 2 aromatic rings. The monoisotopic (exact) mass is 337 g/mol. The van der Waals surface area contributed by atoms with Gasteiger partial charge in [-0.15, -0.1) is 0 Å². The Balaban J connectivity index is 1.88. The summed E-state index contributed by atoms with van der Waals surface area (Å²) in [6.45, 7) is 1.89. The minimum Gasteiger partial charge on any atom is -0.388 e. The standard InChI is InChI=1S/C19H22F3NO/c1-13-11-23(16-9-5-8-15(10-16)19(20,21)22)12-17(13)18(24)14-6-3-2-4-7-14/h5,8-12,14,18,24H,2-4,6-7H2,1H3. The Bertz CT molecular complexity index is 699. The van der Waals surface area contributed by atoms with E-state index in [2.05, 4.69) is 0 Å². The smallest absolute Gasteiger partial charge is 0.388 e. The van der Waals surface area contributed by atoms with E-state index in [1.165, 1.54) is 12.5 Å². The van der Waals surface area contributed by atoms with Gasteiger partial charge in [0.25, 0.3) is 0 Å². The maximum absolute atomic E-state index is 12.9. The summed E-state index contributed by atoms with van der Waals surface area (Å²) in [5.74, 6) is 0.245. The van der Waals surface area contributed by atoms with E-state index in [9.17, 15) is 18.3 Å². The molecule has 1 aliphatic rings. The molecule has 3 rings (SSSR count). The molecule has 0 spiro atoms. The topological polar surface area (TPSA) is 25.2 Å². The zero-order chi connectivity index (χ0) is 17.3. The summed E-state index contributed by atoms with van der Waals surface area (Å²) in [5.41, 5.74) is 1.51. The Kier molecular flexibility index (Phi) is 4.72. The van der Waals surface area contributed by atoms with Gasteiger partial charge in [-0.2, -0.15) is 13.2 Å². The molecule has 0 saturated heterocycles. The number of aromatic nitrogens is 1. The van der Waals surface area contributed by atoms with Crippen LogP contribution in [0, 0.1) is 12.8 Å². The number of halogens is 3. The molecule has 1 unspecified atom stereocenters. The number of nitrogens with zero attached hydrogens (tertiary/aromatic N) is 1. The van der Waals surface area contributed by atoms with Crippen molar-refractivity contribution < 1.29 is 18.3 Å². The molecule has 0 bridgehead atoms. The van der Waals surface area contributed by atoms with Crippen LogP contribution in [0.1, 0.15) is 54.9 Å². The second kappa shape index (κ2) is 6.63. The minimum atomic E-state index is -4.36. The van der Waals surface area contributed by atoms with Crippen LogP contribution in [0.25, 0.3) is 5.69 Å². The fraction of sp³-hybridized carbons (Fsp3) is 0.474. The van der Waals surface area contributed by atoms with Gasteiger partial charge in [-0.1, -0.05) is 25.3 Å². The lowest BCUT2D eigenvalue weighted by molar-refractivity contribution is -0.137. The summed E-state index contributed by atoms with van der Waals surface area (Å²) in [4.78, 5) is 0. The van der Waals surface area contributed by atoms with Gasteiger partial charge in [0.05, 0.1) is 11.7 Å². The van der Waals surface area contributed by atoms with Gasteiger partial charge < -0.3 is 9.67 Å². The highest BCUT2D eigenvalue weighted by molar-refractivity contribution is 5.40. The van der Waals surface area contributed by atoms with Gasteiger partial charge >= 0.3 is 6.18 Å². The molecular formula is C19H22F3NO. The Morgan fingerprint density at radius 1 is 1.12 bits per heavy atom. The molecule has 0 aliphatic heterocycles. The molecule has 1 saturated carbocycles. The van der Waals surface area contributed by atoms with Crippen molar-refractivity contribution in [2.75, 3.05) is 0 Å². The van der Waals surface area contributed by atoms with Gasteiger partial charge in [0.2, 0.25) is 0 Å². The van der Waals surface area contributed by atoms with Crippen LogP contribution in [-0.2, 0) is 6.18 Å². The fourth-order valence-electron chi connectivity index (χ4n) is 3.58. The van der Waals surface area contributed by atoms with E-state index in [0.717, 1.165) is 48.9 Å². The first kappa shape index (κ1) is 17.1. The number of aliphatic hydroxyl groups excluding tert-OH is 1. The zero-order valence-corrected chi connectivity index (χ0v) is 13.7. The SMILES string of the molecule is Cc1cn(-c2cccc(C(F)(F)F)c2)cc1C(O)C1CCCCC1. The Morgan fingerprint density at radius 2 is 1.83 bits per heavy atom. The third kappa shape index (κ3) is 3.51. The molecule has 1 atom stereocenters. The third-order valence-electron chi connectivity index (χ3n) is 4.95. The molecule has 1 aliphatic carbocycles. The van der Waals surface area contributed by atoms with Gasteiger partial charge in [0, 0.05) is 23.6 Å². The van der Waals surface area contributed by atoms with E-state index >= 15 is 0 Å². The van der Waals surface area contributed by atoms with Crippen molar-refractivity contribution >= 4 is 0 Å². The van der Waals surface area contributed by atoms with Crippen molar-refractivity contribution in [2.45, 2.75) is 51.3 Å². The van der Waals surface area contributed by atoms with Crippen LogP contribution in [0.5, 0.6) is 0 Å². The molecule has 1 N–H and O–H groups in total. The molecule has 5 heteroatoms. The minimum absolute atomic E-state index is 0.245. The quantitative estimate of drug-likeness (QED) is 0.795. The molecule has 1 heterocycles. The van der Waals surface area contributed by atoms with Gasteiger partial charge in [0.1, 0.15) is 0 Å². The average molecular weight is 337 g/mol. The summed E-state index contributed by atoms with van der Waals surface area (Å²) < 4.78 is 40.3. The van der Waals surface area contributed by atoms with Gasteiger partial charge in [-0.05, 0) is 49.4 Å². The van der Waals surface area contributed by atoms with Crippen molar-refractivity contribution in [3.63, 3.8) is 0 Å². The van der Waals surface area contributed by atoms with E-state index in [-0.39, 0.29) is 5.92 Å². The maximum atomic E-state index is 12.9. The van der Waals surface area contributed by atoms with Gasteiger partial charge in [-0.25, -0.2) is 0 Å². The Labute approximate surface area is 139 Å².